The van der Waals surface area contributed by atoms with Crippen LogP contribution in [0.15, 0.2) is 0 Å². The van der Waals surface area contributed by atoms with Crippen LogP contribution in [0.2, 0.25) is 0 Å². The van der Waals surface area contributed by atoms with Crippen LogP contribution >= 0.6 is 0 Å². The zero-order valence-electron chi connectivity index (χ0n) is 12.9. The van der Waals surface area contributed by atoms with E-state index in [1.165, 1.54) is 6.42 Å². The van der Waals surface area contributed by atoms with Crippen LogP contribution in [0.5, 0.6) is 0 Å². The van der Waals surface area contributed by atoms with Crippen molar-refractivity contribution in [3.05, 3.63) is 0 Å². The van der Waals surface area contributed by atoms with E-state index in [0.717, 1.165) is 52.4 Å². The Morgan fingerprint density at radius 2 is 2.25 bits per heavy atom. The molecule has 2 N–H and O–H groups in total. The number of hydrogen-bond acceptors (Lipinski definition) is 5. The fourth-order valence-electron chi connectivity index (χ4n) is 3.16. The Morgan fingerprint density at radius 3 is 2.90 bits per heavy atom. The fourth-order valence-corrected chi connectivity index (χ4v) is 3.16. The molecule has 20 heavy (non-hydrogen) atoms. The van der Waals surface area contributed by atoms with Gasteiger partial charge >= 0.3 is 0 Å². The first-order valence-corrected chi connectivity index (χ1v) is 7.89. The van der Waals surface area contributed by atoms with Crippen LogP contribution in [0.3, 0.4) is 0 Å². The summed E-state index contributed by atoms with van der Waals surface area (Å²) in [7, 11) is 0. The zero-order valence-corrected chi connectivity index (χ0v) is 12.9. The highest BCUT2D eigenvalue weighted by Gasteiger charge is 2.36. The molecule has 5 heteroatoms. The van der Waals surface area contributed by atoms with Gasteiger partial charge < -0.3 is 19.9 Å². The molecule has 2 unspecified atom stereocenters. The minimum Gasteiger partial charge on any atom is -0.394 e. The van der Waals surface area contributed by atoms with E-state index in [1.807, 2.05) is 0 Å². The highest BCUT2D eigenvalue weighted by atomic mass is 16.5. The number of aliphatic hydroxyl groups excluding tert-OH is 1. The van der Waals surface area contributed by atoms with E-state index in [9.17, 15) is 5.11 Å². The molecule has 0 aromatic heterocycles. The summed E-state index contributed by atoms with van der Waals surface area (Å²) in [6, 6.07) is 0.503. The topological polar surface area (TPSA) is 54.0 Å². The van der Waals surface area contributed by atoms with Crippen molar-refractivity contribution in [2.24, 2.45) is 5.41 Å². The summed E-state index contributed by atoms with van der Waals surface area (Å²) in [6.45, 7) is 10.8. The maximum Gasteiger partial charge on any atom is 0.0932 e. The minimum absolute atomic E-state index is 0.0247. The monoisotopic (exact) mass is 286 g/mol. The number of morpholine rings is 1. The van der Waals surface area contributed by atoms with Crippen molar-refractivity contribution < 1.29 is 14.6 Å². The van der Waals surface area contributed by atoms with Gasteiger partial charge in [0.05, 0.1) is 25.9 Å². The Balaban J connectivity index is 1.92. The second kappa shape index (κ2) is 7.71. The molecular formula is C15H30N2O3. The molecular weight excluding hydrogens is 256 g/mol. The van der Waals surface area contributed by atoms with Crippen LogP contribution in [-0.4, -0.2) is 74.8 Å². The Morgan fingerprint density at radius 1 is 1.40 bits per heavy atom. The average Bonchev–Trinajstić information content (AvgIpc) is 2.46. The summed E-state index contributed by atoms with van der Waals surface area (Å²) in [6.07, 6.45) is 2.34. The third-order valence-corrected chi connectivity index (χ3v) is 4.27. The van der Waals surface area contributed by atoms with Gasteiger partial charge in [-0.05, 0) is 12.8 Å². The van der Waals surface area contributed by atoms with E-state index in [4.69, 9.17) is 9.47 Å². The first kappa shape index (κ1) is 16.2. The molecule has 0 aromatic carbocycles. The SMILES string of the molecule is CC(C)NCC1(CN2CCOC(CO)C2)CCCOC1. The Hall–Kier alpha value is -0.200. The highest BCUT2D eigenvalue weighted by Crippen LogP contribution is 2.30. The molecule has 2 fully saturated rings. The van der Waals surface area contributed by atoms with Gasteiger partial charge in [-0.3, -0.25) is 4.90 Å². The number of aliphatic hydroxyl groups is 1. The molecule has 0 aromatic rings. The quantitative estimate of drug-likeness (QED) is 0.743. The summed E-state index contributed by atoms with van der Waals surface area (Å²) in [5.74, 6) is 0. The van der Waals surface area contributed by atoms with E-state index in [1.54, 1.807) is 0 Å². The molecule has 2 atom stereocenters. The van der Waals surface area contributed by atoms with Crippen LogP contribution < -0.4 is 5.32 Å². The van der Waals surface area contributed by atoms with E-state index >= 15 is 0 Å². The predicted octanol–water partition coefficient (Wildman–Crippen LogP) is 0.474. The zero-order chi connectivity index (χ0) is 14.4. The van der Waals surface area contributed by atoms with Crippen LogP contribution in [0.4, 0.5) is 0 Å². The van der Waals surface area contributed by atoms with Crippen molar-refractivity contribution in [3.63, 3.8) is 0 Å². The number of nitrogens with zero attached hydrogens (tertiary/aromatic N) is 1. The summed E-state index contributed by atoms with van der Waals surface area (Å²) in [5.41, 5.74) is 0.208. The van der Waals surface area contributed by atoms with Gasteiger partial charge in [0.1, 0.15) is 0 Å². The maximum absolute atomic E-state index is 9.27. The van der Waals surface area contributed by atoms with Gasteiger partial charge in [-0.15, -0.1) is 0 Å². The normalized spacial score (nSPS) is 32.7. The van der Waals surface area contributed by atoms with Gasteiger partial charge in [0.2, 0.25) is 0 Å². The second-order valence-corrected chi connectivity index (χ2v) is 6.60. The lowest BCUT2D eigenvalue weighted by Crippen LogP contribution is -2.54. The van der Waals surface area contributed by atoms with Crippen LogP contribution in [0.1, 0.15) is 26.7 Å². The molecule has 0 spiro atoms. The van der Waals surface area contributed by atoms with Crippen molar-refractivity contribution in [3.8, 4) is 0 Å². The molecule has 0 radical (unpaired) electrons. The standard InChI is InChI=1S/C15H30N2O3/c1-13(2)16-10-15(4-3-6-19-12-15)11-17-5-7-20-14(8-17)9-18/h13-14,16,18H,3-12H2,1-2H3. The molecule has 2 heterocycles. The molecule has 118 valence electrons. The Bertz CT molecular complexity index is 280. The number of ether oxygens (including phenoxy) is 2. The van der Waals surface area contributed by atoms with Gasteiger partial charge in [0.15, 0.2) is 0 Å². The summed E-state index contributed by atoms with van der Waals surface area (Å²) in [5, 5.41) is 12.8. The highest BCUT2D eigenvalue weighted by molar-refractivity contribution is 4.89. The van der Waals surface area contributed by atoms with Crippen molar-refractivity contribution in [1.29, 1.82) is 0 Å². The predicted molar refractivity (Wildman–Crippen MR) is 78.9 cm³/mol. The molecule has 0 aliphatic carbocycles. The summed E-state index contributed by atoms with van der Waals surface area (Å²) >= 11 is 0. The fraction of sp³-hybridized carbons (Fsp3) is 1.00. The van der Waals surface area contributed by atoms with E-state index in [-0.39, 0.29) is 18.1 Å². The lowest BCUT2D eigenvalue weighted by Gasteiger charge is -2.43. The largest absolute Gasteiger partial charge is 0.394 e. The first-order valence-electron chi connectivity index (χ1n) is 7.89. The van der Waals surface area contributed by atoms with E-state index in [0.29, 0.717) is 6.04 Å². The number of nitrogens with one attached hydrogen (secondary N) is 1. The second-order valence-electron chi connectivity index (χ2n) is 6.60. The third kappa shape index (κ3) is 4.67. The van der Waals surface area contributed by atoms with Gasteiger partial charge in [-0.2, -0.15) is 0 Å². The minimum atomic E-state index is -0.0247. The number of hydrogen-bond donors (Lipinski definition) is 2. The van der Waals surface area contributed by atoms with Crippen molar-refractivity contribution in [2.45, 2.75) is 38.8 Å². The van der Waals surface area contributed by atoms with Gasteiger partial charge in [-0.1, -0.05) is 13.8 Å². The van der Waals surface area contributed by atoms with Gasteiger partial charge in [0.25, 0.3) is 0 Å². The third-order valence-electron chi connectivity index (χ3n) is 4.27. The van der Waals surface area contributed by atoms with Crippen LogP contribution in [-0.2, 0) is 9.47 Å². The maximum atomic E-state index is 9.27. The van der Waals surface area contributed by atoms with Gasteiger partial charge in [-0.25, -0.2) is 0 Å². The molecule has 2 aliphatic heterocycles. The van der Waals surface area contributed by atoms with Crippen molar-refractivity contribution in [1.82, 2.24) is 10.2 Å². The smallest absolute Gasteiger partial charge is 0.0932 e. The average molecular weight is 286 g/mol. The number of rotatable bonds is 6. The first-order chi connectivity index (χ1) is 9.63. The van der Waals surface area contributed by atoms with Gasteiger partial charge in [0, 0.05) is 44.2 Å². The molecule has 0 amide bonds. The Kier molecular flexibility index (Phi) is 6.23. The Labute approximate surface area is 122 Å². The molecule has 2 saturated heterocycles. The lowest BCUT2D eigenvalue weighted by atomic mass is 9.81. The van der Waals surface area contributed by atoms with E-state index < -0.39 is 0 Å². The molecule has 5 nitrogen and oxygen atoms in total. The van der Waals surface area contributed by atoms with Crippen LogP contribution in [0.25, 0.3) is 0 Å². The van der Waals surface area contributed by atoms with E-state index in [2.05, 4.69) is 24.1 Å². The molecule has 2 aliphatic rings. The molecule has 0 saturated carbocycles. The van der Waals surface area contributed by atoms with Crippen molar-refractivity contribution in [2.75, 3.05) is 52.6 Å². The molecule has 0 bridgehead atoms. The van der Waals surface area contributed by atoms with Crippen molar-refractivity contribution >= 4 is 0 Å². The lowest BCUT2D eigenvalue weighted by molar-refractivity contribution is -0.0812. The van der Waals surface area contributed by atoms with Crippen LogP contribution in [0, 0.1) is 5.41 Å². The summed E-state index contributed by atoms with van der Waals surface area (Å²) < 4.78 is 11.3. The summed E-state index contributed by atoms with van der Waals surface area (Å²) in [4.78, 5) is 2.43. The molecule has 2 rings (SSSR count).